The molecule has 0 aromatic rings. The van der Waals surface area contributed by atoms with E-state index in [0.717, 1.165) is 0 Å². The first-order valence-electron chi connectivity index (χ1n) is 2.67. The van der Waals surface area contributed by atoms with Crippen LogP contribution in [0.4, 0.5) is 0 Å². The number of nitrogens with two attached hydrogens (primary N) is 1. The highest BCUT2D eigenvalue weighted by molar-refractivity contribution is 7.79. The van der Waals surface area contributed by atoms with Crippen molar-refractivity contribution in [2.75, 3.05) is 12.7 Å². The van der Waals surface area contributed by atoms with E-state index in [2.05, 4.69) is 0 Å². The Morgan fingerprint density at radius 2 is 2.11 bits per heavy atom. The van der Waals surface area contributed by atoms with E-state index in [1.54, 1.807) is 0 Å². The van der Waals surface area contributed by atoms with Gasteiger partial charge in [0.25, 0.3) is 0 Å². The first-order chi connectivity index (χ1) is 4.12. The largest absolute Gasteiger partial charge is 0.330 e. The topological polar surface area (TPSA) is 90.3 Å². The molecule has 0 amide bonds. The van der Waals surface area contributed by atoms with Crippen molar-refractivity contribution in [1.29, 1.82) is 5.41 Å². The molecule has 0 spiro atoms. The van der Waals surface area contributed by atoms with Crippen molar-refractivity contribution >= 4 is 13.7 Å². The van der Waals surface area contributed by atoms with Crippen LogP contribution in [0.15, 0.2) is 0 Å². The van der Waals surface area contributed by atoms with Crippen molar-refractivity contribution in [1.82, 2.24) is 0 Å². The average molecular weight is 151 g/mol. The molecule has 0 rings (SSSR count). The monoisotopic (exact) mass is 151 g/mol. The summed E-state index contributed by atoms with van der Waals surface area (Å²) in [4.78, 5) is 17.6. The second-order valence-electron chi connectivity index (χ2n) is 1.78. The van der Waals surface area contributed by atoms with Crippen LogP contribution >= 0.6 is 7.72 Å². The third-order valence-corrected chi connectivity index (χ3v) is 2.29. The zero-order valence-electron chi connectivity index (χ0n) is 5.12. The highest BCUT2D eigenvalue weighted by Crippen LogP contribution is 2.46. The molecule has 0 unspecified atom stereocenters. The molecule has 0 atom stereocenters. The summed E-state index contributed by atoms with van der Waals surface area (Å²) in [7, 11) is -2.98. The number of rotatable bonds is 4. The van der Waals surface area contributed by atoms with Crippen LogP contribution in [0, 0.1) is 5.41 Å². The summed E-state index contributed by atoms with van der Waals surface area (Å²) in [6.07, 6.45) is 0.809. The standard InChI is InChI=1S/C4H12N2O2P/c5-2-1-3-9(7,8)4-6/h4,6-8H,1-3,5H2/q+1. The van der Waals surface area contributed by atoms with Crippen molar-refractivity contribution in [2.24, 2.45) is 5.73 Å². The Labute approximate surface area is 54.7 Å². The van der Waals surface area contributed by atoms with Gasteiger partial charge in [-0.15, -0.1) is 0 Å². The molecule has 0 aliphatic carbocycles. The molecule has 54 valence electrons. The van der Waals surface area contributed by atoms with Crippen LogP contribution in [0.3, 0.4) is 0 Å². The summed E-state index contributed by atoms with van der Waals surface area (Å²) < 4.78 is 0. The van der Waals surface area contributed by atoms with Crippen molar-refractivity contribution < 1.29 is 9.79 Å². The third-order valence-electron chi connectivity index (χ3n) is 0.898. The van der Waals surface area contributed by atoms with Gasteiger partial charge in [-0.1, -0.05) is 0 Å². The predicted octanol–water partition coefficient (Wildman–Crippen LogP) is -0.226. The summed E-state index contributed by atoms with van der Waals surface area (Å²) in [6.45, 7) is 0.441. The van der Waals surface area contributed by atoms with Gasteiger partial charge in [0, 0.05) is 0 Å². The van der Waals surface area contributed by atoms with Crippen molar-refractivity contribution in [3.8, 4) is 0 Å². The Morgan fingerprint density at radius 3 is 2.44 bits per heavy atom. The lowest BCUT2D eigenvalue weighted by Crippen LogP contribution is -2.05. The van der Waals surface area contributed by atoms with E-state index in [4.69, 9.17) is 20.9 Å². The van der Waals surface area contributed by atoms with Gasteiger partial charge in [-0.05, 0) is 13.0 Å². The van der Waals surface area contributed by atoms with Crippen LogP contribution in [0.5, 0.6) is 0 Å². The van der Waals surface area contributed by atoms with E-state index in [1.165, 1.54) is 0 Å². The van der Waals surface area contributed by atoms with E-state index in [-0.39, 0.29) is 6.16 Å². The molecule has 0 aromatic carbocycles. The SMILES string of the molecule is N=C[P+](O)(O)CCCN. The molecular formula is C4H12N2O2P+. The summed E-state index contributed by atoms with van der Waals surface area (Å²) in [6, 6.07) is 0. The van der Waals surface area contributed by atoms with Gasteiger partial charge in [0.2, 0.25) is 0 Å². The van der Waals surface area contributed by atoms with Crippen LogP contribution < -0.4 is 5.73 Å². The van der Waals surface area contributed by atoms with Gasteiger partial charge in [-0.2, -0.15) is 0 Å². The molecule has 0 bridgehead atoms. The minimum Gasteiger partial charge on any atom is -0.330 e. The van der Waals surface area contributed by atoms with Crippen LogP contribution in [-0.4, -0.2) is 28.4 Å². The fraction of sp³-hybridized carbons (Fsp3) is 0.750. The number of nitrogens with one attached hydrogen (secondary N) is 1. The molecule has 4 nitrogen and oxygen atoms in total. The summed E-state index contributed by atoms with van der Waals surface area (Å²) >= 11 is 0. The number of hydrogen-bond acceptors (Lipinski definition) is 4. The highest BCUT2D eigenvalue weighted by Gasteiger charge is 2.28. The van der Waals surface area contributed by atoms with Gasteiger partial charge >= 0.3 is 7.72 Å². The third kappa shape index (κ3) is 4.48. The fourth-order valence-corrected chi connectivity index (χ4v) is 1.17. The Hall–Kier alpha value is -0.0200. The van der Waals surface area contributed by atoms with E-state index in [1.807, 2.05) is 0 Å². The Kier molecular flexibility index (Phi) is 3.89. The van der Waals surface area contributed by atoms with Gasteiger partial charge in [0.15, 0.2) is 5.96 Å². The molecule has 0 saturated heterocycles. The molecule has 9 heavy (non-hydrogen) atoms. The van der Waals surface area contributed by atoms with Gasteiger partial charge in [0.05, 0.1) is 0 Å². The smallest absolute Gasteiger partial charge is 0.310 e. The zero-order chi connectivity index (χ0) is 7.33. The second kappa shape index (κ2) is 3.90. The minimum absolute atomic E-state index is 0.243. The molecular weight excluding hydrogens is 139 g/mol. The molecule has 0 saturated carbocycles. The van der Waals surface area contributed by atoms with Gasteiger partial charge in [-0.25, -0.2) is 9.79 Å². The molecule has 0 heterocycles. The molecule has 0 aliphatic rings. The Morgan fingerprint density at radius 1 is 1.56 bits per heavy atom. The van der Waals surface area contributed by atoms with E-state index in [0.29, 0.717) is 18.9 Å². The van der Waals surface area contributed by atoms with E-state index >= 15 is 0 Å². The molecule has 0 aromatic heterocycles. The normalized spacial score (nSPS) is 11.4. The second-order valence-corrected chi connectivity index (χ2v) is 4.06. The van der Waals surface area contributed by atoms with Crippen LogP contribution in [0.2, 0.25) is 0 Å². The average Bonchev–Trinajstić information content (AvgIpc) is 1.84. The molecule has 0 fully saturated rings. The van der Waals surface area contributed by atoms with Gasteiger partial charge in [-0.3, -0.25) is 5.41 Å². The van der Waals surface area contributed by atoms with Crippen molar-refractivity contribution in [3.05, 3.63) is 0 Å². The maximum Gasteiger partial charge on any atom is 0.310 e. The summed E-state index contributed by atoms with van der Waals surface area (Å²) in [5, 5.41) is 6.57. The molecule has 0 radical (unpaired) electrons. The fourth-order valence-electron chi connectivity index (χ4n) is 0.389. The first-order valence-corrected chi connectivity index (χ1v) is 4.62. The van der Waals surface area contributed by atoms with Crippen molar-refractivity contribution in [2.45, 2.75) is 6.42 Å². The van der Waals surface area contributed by atoms with Gasteiger partial charge in [0.1, 0.15) is 6.16 Å². The minimum atomic E-state index is -2.98. The van der Waals surface area contributed by atoms with Gasteiger partial charge < -0.3 is 5.73 Å². The summed E-state index contributed by atoms with van der Waals surface area (Å²) in [5.74, 6) is 0.711. The number of hydrogen-bond donors (Lipinski definition) is 4. The van der Waals surface area contributed by atoms with Crippen LogP contribution in [-0.2, 0) is 0 Å². The van der Waals surface area contributed by atoms with E-state index in [9.17, 15) is 0 Å². The zero-order valence-corrected chi connectivity index (χ0v) is 6.01. The Balaban J connectivity index is 3.45. The highest BCUT2D eigenvalue weighted by atomic mass is 31.2. The van der Waals surface area contributed by atoms with Crippen molar-refractivity contribution in [3.63, 3.8) is 0 Å². The molecule has 0 aliphatic heterocycles. The maximum absolute atomic E-state index is 8.82. The Bertz CT molecular complexity index is 96.6. The predicted molar refractivity (Wildman–Crippen MR) is 38.7 cm³/mol. The van der Waals surface area contributed by atoms with Crippen LogP contribution in [0.25, 0.3) is 0 Å². The van der Waals surface area contributed by atoms with E-state index < -0.39 is 7.72 Å². The summed E-state index contributed by atoms with van der Waals surface area (Å²) in [5.41, 5.74) is 5.11. The quantitative estimate of drug-likeness (QED) is 0.330. The first kappa shape index (κ1) is 8.98. The van der Waals surface area contributed by atoms with Crippen LogP contribution in [0.1, 0.15) is 6.42 Å². The molecule has 5 N–H and O–H groups in total. The lowest BCUT2D eigenvalue weighted by molar-refractivity contribution is 0.467. The maximum atomic E-state index is 8.82. The lowest BCUT2D eigenvalue weighted by Gasteiger charge is -2.03. The molecule has 5 heteroatoms. The lowest BCUT2D eigenvalue weighted by atomic mass is 10.5.